The normalized spacial score (nSPS) is 28.1. The summed E-state index contributed by atoms with van der Waals surface area (Å²) in [5.74, 6) is 0. The van der Waals surface area contributed by atoms with Gasteiger partial charge in [0.05, 0.1) is 6.61 Å². The Balaban J connectivity index is 2.30. The maximum absolute atomic E-state index is 14.4. The van der Waals surface area contributed by atoms with Crippen molar-refractivity contribution >= 4 is 27.3 Å². The van der Waals surface area contributed by atoms with E-state index in [1.807, 2.05) is 4.98 Å². The van der Waals surface area contributed by atoms with E-state index in [1.165, 1.54) is 0 Å². The first-order valence-corrected chi connectivity index (χ1v) is 10.1. The topological polar surface area (TPSA) is 157 Å². The largest absolute Gasteiger partial charge is 0.582 e. The van der Waals surface area contributed by atoms with Crippen LogP contribution in [-0.4, -0.2) is 44.3 Å². The van der Waals surface area contributed by atoms with Crippen molar-refractivity contribution in [3.63, 3.8) is 0 Å². The summed E-state index contributed by atoms with van der Waals surface area (Å²) in [6.45, 7) is -0.844. The molecule has 1 aliphatic heterocycles. The number of phosphoric acid groups is 1. The quantitative estimate of drug-likeness (QED) is 0.373. The first-order valence-electron chi connectivity index (χ1n) is 6.22. The molecule has 1 saturated heterocycles. The van der Waals surface area contributed by atoms with E-state index >= 15 is 0 Å². The molecule has 24 heavy (non-hydrogen) atoms. The third kappa shape index (κ3) is 4.80. The molecule has 11 nitrogen and oxygen atoms in total. The Kier molecular flexibility index (Phi) is 6.10. The van der Waals surface area contributed by atoms with Crippen LogP contribution in [0.2, 0.25) is 0 Å². The fourth-order valence-corrected chi connectivity index (χ4v) is 3.16. The van der Waals surface area contributed by atoms with Crippen molar-refractivity contribution in [3.8, 4) is 0 Å². The van der Waals surface area contributed by atoms with Crippen LogP contribution in [0.1, 0.15) is 6.23 Å². The van der Waals surface area contributed by atoms with Crippen LogP contribution in [-0.2, 0) is 22.9 Å². The number of hydrogen-bond donors (Lipinski definition) is 4. The van der Waals surface area contributed by atoms with Gasteiger partial charge in [0.1, 0.15) is 18.4 Å². The first kappa shape index (κ1) is 19.4. The smallest absolute Gasteiger partial charge is 0.346 e. The summed E-state index contributed by atoms with van der Waals surface area (Å²) in [7, 11) is -7.46. The SMILES string of the molecule is O=c1ccn(C2OC(COP(=O)(O)O)[C@H](F)C2O[P+](=O)S)c(=O)[nH]1. The molecule has 2 heterocycles. The molecule has 1 aliphatic rings. The fraction of sp³-hybridized carbons (Fsp3) is 0.556. The number of nitrogens with one attached hydrogen (secondary N) is 1. The summed E-state index contributed by atoms with van der Waals surface area (Å²) in [5, 5.41) is 0. The average molecular weight is 405 g/mol. The van der Waals surface area contributed by atoms with Gasteiger partial charge in [-0.05, 0) is 4.57 Å². The molecule has 0 spiro atoms. The molecule has 0 aromatic carbocycles. The Hall–Kier alpha value is -0.910. The zero-order chi connectivity index (χ0) is 18.1. The number of phosphoric ester groups is 1. The van der Waals surface area contributed by atoms with Crippen LogP contribution >= 0.6 is 27.3 Å². The molecular weight excluding hydrogens is 393 g/mol. The Morgan fingerprint density at radius 3 is 2.71 bits per heavy atom. The van der Waals surface area contributed by atoms with Gasteiger partial charge in [-0.25, -0.2) is 13.8 Å². The Bertz CT molecular complexity index is 779. The number of ether oxygens (including phenoxy) is 1. The van der Waals surface area contributed by atoms with E-state index in [-0.39, 0.29) is 0 Å². The number of hydrogen-bond acceptors (Lipinski definition) is 7. The maximum Gasteiger partial charge on any atom is 0.582 e. The van der Waals surface area contributed by atoms with Crippen molar-refractivity contribution in [1.82, 2.24) is 9.55 Å². The van der Waals surface area contributed by atoms with Gasteiger partial charge < -0.3 is 14.5 Å². The van der Waals surface area contributed by atoms with Crippen molar-refractivity contribution in [1.29, 1.82) is 0 Å². The van der Waals surface area contributed by atoms with Gasteiger partial charge in [0, 0.05) is 12.3 Å². The number of halogens is 1. The summed E-state index contributed by atoms with van der Waals surface area (Å²) >= 11 is 3.50. The molecule has 0 bridgehead atoms. The number of aromatic nitrogens is 2. The number of H-pyrrole nitrogens is 1. The van der Waals surface area contributed by atoms with E-state index in [0.29, 0.717) is 0 Å². The van der Waals surface area contributed by atoms with Crippen LogP contribution in [0.5, 0.6) is 0 Å². The average Bonchev–Trinajstić information content (AvgIpc) is 2.73. The monoisotopic (exact) mass is 405 g/mol. The van der Waals surface area contributed by atoms with Gasteiger partial charge in [0.25, 0.3) is 5.56 Å². The van der Waals surface area contributed by atoms with Crippen LogP contribution < -0.4 is 11.2 Å². The summed E-state index contributed by atoms with van der Waals surface area (Å²) in [6, 6.07) is 0.967. The zero-order valence-corrected chi connectivity index (χ0v) is 14.3. The lowest BCUT2D eigenvalue weighted by molar-refractivity contribution is -0.0479. The second-order valence-corrected chi connectivity index (χ2v) is 7.53. The lowest BCUT2D eigenvalue weighted by Gasteiger charge is -2.16. The van der Waals surface area contributed by atoms with Crippen molar-refractivity contribution < 1.29 is 37.1 Å². The van der Waals surface area contributed by atoms with Crippen LogP contribution in [0.4, 0.5) is 4.39 Å². The minimum atomic E-state index is -4.88. The summed E-state index contributed by atoms with van der Waals surface area (Å²) in [5.41, 5.74) is -1.65. The lowest BCUT2D eigenvalue weighted by Crippen LogP contribution is -2.37. The van der Waals surface area contributed by atoms with Crippen molar-refractivity contribution in [2.45, 2.75) is 24.6 Å². The molecule has 134 valence electrons. The van der Waals surface area contributed by atoms with Crippen molar-refractivity contribution in [2.75, 3.05) is 6.61 Å². The highest BCUT2D eigenvalue weighted by Crippen LogP contribution is 2.43. The third-order valence-corrected chi connectivity index (χ3v) is 4.20. The molecule has 15 heteroatoms. The maximum atomic E-state index is 14.4. The highest BCUT2D eigenvalue weighted by Gasteiger charge is 2.51. The first-order chi connectivity index (χ1) is 11.1. The molecule has 1 fully saturated rings. The van der Waals surface area contributed by atoms with Crippen LogP contribution in [0.15, 0.2) is 21.9 Å². The summed E-state index contributed by atoms with van der Waals surface area (Å²) in [4.78, 5) is 42.1. The molecule has 0 radical (unpaired) electrons. The van der Waals surface area contributed by atoms with E-state index in [1.54, 1.807) is 0 Å². The molecule has 3 N–H and O–H groups in total. The summed E-state index contributed by atoms with van der Waals surface area (Å²) < 4.78 is 51.2. The van der Waals surface area contributed by atoms with Crippen LogP contribution in [0, 0.1) is 0 Å². The molecule has 0 amide bonds. The van der Waals surface area contributed by atoms with E-state index in [4.69, 9.17) is 19.0 Å². The second-order valence-electron chi connectivity index (χ2n) is 4.62. The van der Waals surface area contributed by atoms with Gasteiger partial charge in [0.15, 0.2) is 18.5 Å². The highest BCUT2D eigenvalue weighted by atomic mass is 32.7. The highest BCUT2D eigenvalue weighted by molar-refractivity contribution is 8.39. The zero-order valence-electron chi connectivity index (χ0n) is 11.6. The van der Waals surface area contributed by atoms with Crippen molar-refractivity contribution in [3.05, 3.63) is 33.1 Å². The second kappa shape index (κ2) is 7.54. The Morgan fingerprint density at radius 1 is 1.50 bits per heavy atom. The van der Waals surface area contributed by atoms with Gasteiger partial charge in [-0.1, -0.05) is 0 Å². The number of alkyl halides is 1. The molecule has 1 aromatic heterocycles. The van der Waals surface area contributed by atoms with E-state index < -0.39 is 57.5 Å². The molecular formula is C9H12FN2O9P2S+. The van der Waals surface area contributed by atoms with E-state index in [2.05, 4.69) is 16.8 Å². The van der Waals surface area contributed by atoms with E-state index in [0.717, 1.165) is 16.8 Å². The Morgan fingerprint density at radius 2 is 2.17 bits per heavy atom. The molecule has 2 rings (SSSR count). The molecule has 1 aromatic rings. The molecule has 5 atom stereocenters. The molecule has 4 unspecified atom stereocenters. The van der Waals surface area contributed by atoms with Gasteiger partial charge >= 0.3 is 20.7 Å². The van der Waals surface area contributed by atoms with Crippen molar-refractivity contribution in [2.24, 2.45) is 0 Å². The number of rotatable bonds is 6. The third-order valence-electron chi connectivity index (χ3n) is 3.01. The van der Waals surface area contributed by atoms with Crippen LogP contribution in [0.25, 0.3) is 0 Å². The molecule has 0 saturated carbocycles. The lowest BCUT2D eigenvalue weighted by atomic mass is 10.1. The van der Waals surface area contributed by atoms with Gasteiger partial charge in [0.2, 0.25) is 0 Å². The van der Waals surface area contributed by atoms with Gasteiger partial charge in [-0.15, -0.1) is 4.52 Å². The minimum Gasteiger partial charge on any atom is -0.346 e. The number of nitrogens with zero attached hydrogens (tertiary/aromatic N) is 1. The number of aromatic amines is 1. The standard InChI is InChI=1S/C9H11FN2O9P2S/c10-6-4(3-19-23(16,17)18)20-8(7(6)21-22(15)24)12-2-1-5(13)11-9(12)14/h1-2,4,6-8H,3H2,(H3-,11,13,14,15,16,17,18,24)/p+1/t4?,6-,7?,8?/m0/s1. The fourth-order valence-electron chi connectivity index (χ4n) is 2.07. The predicted octanol–water partition coefficient (Wildman–Crippen LogP) is -0.146. The van der Waals surface area contributed by atoms with Gasteiger partial charge in [-0.3, -0.25) is 18.9 Å². The molecule has 0 aliphatic carbocycles. The van der Waals surface area contributed by atoms with E-state index in [9.17, 15) is 23.1 Å². The number of thiol groups is 1. The Labute approximate surface area is 139 Å². The van der Waals surface area contributed by atoms with Gasteiger partial charge in [-0.2, -0.15) is 0 Å². The van der Waals surface area contributed by atoms with Crippen LogP contribution in [0.3, 0.4) is 0 Å². The summed E-state index contributed by atoms with van der Waals surface area (Å²) in [6.07, 6.45) is -5.59. The minimum absolute atomic E-state index is 0.704. The predicted molar refractivity (Wildman–Crippen MR) is 79.6 cm³/mol.